The van der Waals surface area contributed by atoms with E-state index in [-0.39, 0.29) is 5.91 Å². The van der Waals surface area contributed by atoms with Crippen molar-refractivity contribution in [1.29, 1.82) is 0 Å². The largest absolute Gasteiger partial charge is 0.497 e. The van der Waals surface area contributed by atoms with E-state index in [4.69, 9.17) is 4.74 Å². The Balaban J connectivity index is 1.69. The van der Waals surface area contributed by atoms with Crippen molar-refractivity contribution in [3.05, 3.63) is 80.9 Å². The summed E-state index contributed by atoms with van der Waals surface area (Å²) in [5.74, 6) is 0.676. The van der Waals surface area contributed by atoms with Crippen LogP contribution in [0.3, 0.4) is 0 Å². The SMILES string of the molecule is COc1ccc(NC(=O)c2cccc3c2-c2ccc(I)cc2C3)cc1. The summed E-state index contributed by atoms with van der Waals surface area (Å²) in [5.41, 5.74) is 6.18. The minimum atomic E-state index is -0.0894. The molecular weight excluding hydrogens is 425 g/mol. The predicted octanol–water partition coefficient (Wildman–Crippen LogP) is 5.12. The Labute approximate surface area is 160 Å². The molecule has 1 aliphatic rings. The number of rotatable bonds is 3. The maximum absolute atomic E-state index is 12.9. The van der Waals surface area contributed by atoms with Gasteiger partial charge in [-0.2, -0.15) is 0 Å². The van der Waals surface area contributed by atoms with E-state index in [0.29, 0.717) is 5.56 Å². The van der Waals surface area contributed by atoms with Gasteiger partial charge in [-0.15, -0.1) is 0 Å². The number of amides is 1. The lowest BCUT2D eigenvalue weighted by molar-refractivity contribution is 0.102. The van der Waals surface area contributed by atoms with Crippen LogP contribution in [0.15, 0.2) is 60.7 Å². The highest BCUT2D eigenvalue weighted by molar-refractivity contribution is 14.1. The Morgan fingerprint density at radius 3 is 2.60 bits per heavy atom. The second-order valence-electron chi connectivity index (χ2n) is 6.00. The molecule has 0 unspecified atom stereocenters. The van der Waals surface area contributed by atoms with Crippen molar-refractivity contribution < 1.29 is 9.53 Å². The molecule has 3 nitrogen and oxygen atoms in total. The van der Waals surface area contributed by atoms with E-state index < -0.39 is 0 Å². The molecule has 0 spiro atoms. The van der Waals surface area contributed by atoms with Crippen molar-refractivity contribution in [3.8, 4) is 16.9 Å². The minimum Gasteiger partial charge on any atom is -0.497 e. The molecule has 0 radical (unpaired) electrons. The molecule has 1 N–H and O–H groups in total. The van der Waals surface area contributed by atoms with Gasteiger partial charge in [0.05, 0.1) is 7.11 Å². The zero-order valence-electron chi connectivity index (χ0n) is 13.7. The highest BCUT2D eigenvalue weighted by Crippen LogP contribution is 2.39. The van der Waals surface area contributed by atoms with Crippen LogP contribution in [-0.2, 0) is 6.42 Å². The fourth-order valence-electron chi connectivity index (χ4n) is 3.29. The van der Waals surface area contributed by atoms with E-state index in [0.717, 1.165) is 29.0 Å². The Bertz CT molecular complexity index is 964. The number of nitrogens with one attached hydrogen (secondary N) is 1. The summed E-state index contributed by atoms with van der Waals surface area (Å²) in [6, 6.07) is 19.7. The summed E-state index contributed by atoms with van der Waals surface area (Å²) in [6.07, 6.45) is 0.880. The van der Waals surface area contributed by atoms with Crippen molar-refractivity contribution in [2.45, 2.75) is 6.42 Å². The third-order valence-corrected chi connectivity index (χ3v) is 5.13. The van der Waals surface area contributed by atoms with Gasteiger partial charge >= 0.3 is 0 Å². The lowest BCUT2D eigenvalue weighted by Gasteiger charge is -2.11. The molecule has 4 rings (SSSR count). The van der Waals surface area contributed by atoms with E-state index in [9.17, 15) is 4.79 Å². The summed E-state index contributed by atoms with van der Waals surface area (Å²) in [4.78, 5) is 12.9. The first kappa shape index (κ1) is 16.1. The van der Waals surface area contributed by atoms with Crippen LogP contribution in [-0.4, -0.2) is 13.0 Å². The van der Waals surface area contributed by atoms with E-state index in [1.807, 2.05) is 36.4 Å². The number of hydrogen-bond acceptors (Lipinski definition) is 2. The first-order chi connectivity index (χ1) is 12.2. The molecule has 0 heterocycles. The van der Waals surface area contributed by atoms with Crippen molar-refractivity contribution in [3.63, 3.8) is 0 Å². The molecule has 3 aromatic rings. The Morgan fingerprint density at radius 1 is 1.04 bits per heavy atom. The summed E-state index contributed by atoms with van der Waals surface area (Å²) in [5, 5.41) is 2.99. The lowest BCUT2D eigenvalue weighted by Crippen LogP contribution is -2.13. The second kappa shape index (κ2) is 6.52. The zero-order chi connectivity index (χ0) is 17.4. The third-order valence-electron chi connectivity index (χ3n) is 4.46. The molecule has 0 fully saturated rings. The molecule has 0 atom stereocenters. The van der Waals surface area contributed by atoms with Gasteiger partial charge in [0.1, 0.15) is 5.75 Å². The van der Waals surface area contributed by atoms with Crippen LogP contribution in [0.2, 0.25) is 0 Å². The number of fused-ring (bicyclic) bond motifs is 3. The first-order valence-corrected chi connectivity index (χ1v) is 9.09. The van der Waals surface area contributed by atoms with E-state index in [2.05, 4.69) is 52.2 Å². The number of benzene rings is 3. The minimum absolute atomic E-state index is 0.0894. The van der Waals surface area contributed by atoms with Crippen molar-refractivity contribution in [1.82, 2.24) is 0 Å². The monoisotopic (exact) mass is 441 g/mol. The molecule has 3 aromatic carbocycles. The molecule has 0 aromatic heterocycles. The van der Waals surface area contributed by atoms with Crippen molar-refractivity contribution in [2.75, 3.05) is 12.4 Å². The highest BCUT2D eigenvalue weighted by Gasteiger charge is 2.24. The molecule has 0 bridgehead atoms. The van der Waals surface area contributed by atoms with Gasteiger partial charge in [-0.3, -0.25) is 4.79 Å². The average Bonchev–Trinajstić information content (AvgIpc) is 2.99. The van der Waals surface area contributed by atoms with E-state index in [1.54, 1.807) is 7.11 Å². The average molecular weight is 441 g/mol. The van der Waals surface area contributed by atoms with Gasteiger partial charge in [-0.25, -0.2) is 0 Å². The van der Waals surface area contributed by atoms with Crippen LogP contribution < -0.4 is 10.1 Å². The van der Waals surface area contributed by atoms with Crippen LogP contribution in [0.1, 0.15) is 21.5 Å². The standard InChI is InChI=1S/C21H16INO2/c1-25-17-8-6-16(7-9-17)23-21(24)19-4-2-3-13-11-14-12-15(22)5-10-18(14)20(13)19/h2-10,12H,11H2,1H3,(H,23,24). The molecule has 0 saturated heterocycles. The number of halogens is 1. The quantitative estimate of drug-likeness (QED) is 0.448. The van der Waals surface area contributed by atoms with Gasteiger partial charge in [-0.05, 0) is 93.7 Å². The Morgan fingerprint density at radius 2 is 1.84 bits per heavy atom. The zero-order valence-corrected chi connectivity index (χ0v) is 15.8. The summed E-state index contributed by atoms with van der Waals surface area (Å²) >= 11 is 2.33. The van der Waals surface area contributed by atoms with E-state index >= 15 is 0 Å². The smallest absolute Gasteiger partial charge is 0.256 e. The molecule has 1 amide bonds. The summed E-state index contributed by atoms with van der Waals surface area (Å²) in [7, 11) is 1.62. The highest BCUT2D eigenvalue weighted by atomic mass is 127. The Hall–Kier alpha value is -2.34. The number of carbonyl (C=O) groups excluding carboxylic acids is 1. The number of ether oxygens (including phenoxy) is 1. The fourth-order valence-corrected chi connectivity index (χ4v) is 3.84. The van der Waals surface area contributed by atoms with E-state index in [1.165, 1.54) is 14.7 Å². The normalized spacial score (nSPS) is 11.6. The number of hydrogen-bond donors (Lipinski definition) is 1. The number of methoxy groups -OCH3 is 1. The second-order valence-corrected chi connectivity index (χ2v) is 7.25. The number of carbonyl (C=O) groups is 1. The molecule has 4 heteroatoms. The van der Waals surface area contributed by atoms with Crippen LogP contribution in [0.25, 0.3) is 11.1 Å². The summed E-state index contributed by atoms with van der Waals surface area (Å²) < 4.78 is 6.37. The topological polar surface area (TPSA) is 38.3 Å². The first-order valence-electron chi connectivity index (χ1n) is 8.02. The molecule has 124 valence electrons. The van der Waals surface area contributed by atoms with Crippen molar-refractivity contribution >= 4 is 34.2 Å². The molecular formula is C21H16INO2. The molecule has 0 aliphatic heterocycles. The van der Waals surface area contributed by atoms with Crippen LogP contribution in [0.4, 0.5) is 5.69 Å². The van der Waals surface area contributed by atoms with Gasteiger partial charge in [0.2, 0.25) is 0 Å². The maximum atomic E-state index is 12.9. The molecule has 1 aliphatic carbocycles. The van der Waals surface area contributed by atoms with Crippen LogP contribution in [0, 0.1) is 3.57 Å². The van der Waals surface area contributed by atoms with Gasteiger partial charge in [0.25, 0.3) is 5.91 Å². The van der Waals surface area contributed by atoms with Gasteiger partial charge < -0.3 is 10.1 Å². The van der Waals surface area contributed by atoms with Gasteiger partial charge in [-0.1, -0.05) is 18.2 Å². The van der Waals surface area contributed by atoms with Crippen LogP contribution >= 0.6 is 22.6 Å². The number of anilines is 1. The Kier molecular flexibility index (Phi) is 4.21. The predicted molar refractivity (Wildman–Crippen MR) is 108 cm³/mol. The molecule has 25 heavy (non-hydrogen) atoms. The van der Waals surface area contributed by atoms with Gasteiger partial charge in [0, 0.05) is 14.8 Å². The maximum Gasteiger partial charge on any atom is 0.256 e. The van der Waals surface area contributed by atoms with Crippen molar-refractivity contribution in [2.24, 2.45) is 0 Å². The van der Waals surface area contributed by atoms with Gasteiger partial charge in [0.15, 0.2) is 0 Å². The summed E-state index contributed by atoms with van der Waals surface area (Å²) in [6.45, 7) is 0. The molecule has 0 saturated carbocycles. The fraction of sp³-hybridized carbons (Fsp3) is 0.0952. The third kappa shape index (κ3) is 3.02. The lowest BCUT2D eigenvalue weighted by atomic mass is 9.99. The van der Waals surface area contributed by atoms with Crippen LogP contribution in [0.5, 0.6) is 5.75 Å².